The third-order valence-electron chi connectivity index (χ3n) is 3.16. The number of ether oxygens (including phenoxy) is 1. The second-order valence-electron chi connectivity index (χ2n) is 5.64. The van der Waals surface area contributed by atoms with Gasteiger partial charge >= 0.3 is 0 Å². The number of halogens is 1. The number of benzene rings is 1. The van der Waals surface area contributed by atoms with E-state index in [0.29, 0.717) is 6.04 Å². The lowest BCUT2D eigenvalue weighted by molar-refractivity contribution is 0.268. The summed E-state index contributed by atoms with van der Waals surface area (Å²) in [4.78, 5) is 0. The van der Waals surface area contributed by atoms with Crippen LogP contribution in [0, 0.1) is 5.41 Å². The Kier molecular flexibility index (Phi) is 5.48. The highest BCUT2D eigenvalue weighted by Crippen LogP contribution is 2.28. The Balaban J connectivity index is 2.96. The van der Waals surface area contributed by atoms with Gasteiger partial charge in [0.15, 0.2) is 0 Å². The normalized spacial score (nSPS) is 13.4. The van der Waals surface area contributed by atoms with Crippen LogP contribution in [-0.2, 0) is 6.42 Å². The van der Waals surface area contributed by atoms with Gasteiger partial charge in [-0.2, -0.15) is 0 Å². The van der Waals surface area contributed by atoms with Crippen LogP contribution in [0.25, 0.3) is 0 Å². The first kappa shape index (κ1) is 15.3. The number of hydrogen-bond acceptors (Lipinski definition) is 2. The van der Waals surface area contributed by atoms with E-state index >= 15 is 0 Å². The monoisotopic (exact) mass is 269 g/mol. The van der Waals surface area contributed by atoms with Gasteiger partial charge < -0.3 is 10.1 Å². The van der Waals surface area contributed by atoms with Gasteiger partial charge in [0.2, 0.25) is 0 Å². The lowest BCUT2D eigenvalue weighted by atomic mass is 9.83. The topological polar surface area (TPSA) is 21.3 Å². The SMILES string of the molecule is CCNC(Cc1cc(Cl)ccc1OC)C(C)(C)C. The van der Waals surface area contributed by atoms with E-state index in [9.17, 15) is 0 Å². The molecule has 0 aliphatic carbocycles. The van der Waals surface area contributed by atoms with Gasteiger partial charge in [-0.05, 0) is 42.1 Å². The molecule has 0 saturated carbocycles. The number of likely N-dealkylation sites (N-methyl/N-ethyl adjacent to an activating group) is 1. The van der Waals surface area contributed by atoms with Crippen LogP contribution in [0.15, 0.2) is 18.2 Å². The zero-order valence-corrected chi connectivity index (χ0v) is 12.8. The molecule has 1 unspecified atom stereocenters. The summed E-state index contributed by atoms with van der Waals surface area (Å²) >= 11 is 6.07. The van der Waals surface area contributed by atoms with Gasteiger partial charge in [-0.1, -0.05) is 39.3 Å². The number of hydrogen-bond donors (Lipinski definition) is 1. The predicted octanol–water partition coefficient (Wildman–Crippen LogP) is 3.92. The van der Waals surface area contributed by atoms with Crippen molar-refractivity contribution in [2.75, 3.05) is 13.7 Å². The summed E-state index contributed by atoms with van der Waals surface area (Å²) in [6.07, 6.45) is 0.918. The standard InChI is InChI=1S/C15H24ClNO/c1-6-17-14(15(2,3)4)10-11-9-12(16)7-8-13(11)18-5/h7-9,14,17H,6,10H2,1-5H3. The van der Waals surface area contributed by atoms with Gasteiger partial charge in [0.05, 0.1) is 7.11 Å². The fraction of sp³-hybridized carbons (Fsp3) is 0.600. The molecule has 0 aromatic heterocycles. The fourth-order valence-corrected chi connectivity index (χ4v) is 2.25. The average molecular weight is 270 g/mol. The summed E-state index contributed by atoms with van der Waals surface area (Å²) < 4.78 is 5.41. The summed E-state index contributed by atoms with van der Waals surface area (Å²) in [6, 6.07) is 6.19. The van der Waals surface area contributed by atoms with Crippen LogP contribution in [0.1, 0.15) is 33.3 Å². The Morgan fingerprint density at radius 2 is 2.00 bits per heavy atom. The molecule has 0 heterocycles. The van der Waals surface area contributed by atoms with E-state index < -0.39 is 0 Å². The first-order valence-electron chi connectivity index (χ1n) is 6.44. The Morgan fingerprint density at radius 3 is 2.50 bits per heavy atom. The lowest BCUT2D eigenvalue weighted by Crippen LogP contribution is -2.41. The van der Waals surface area contributed by atoms with Gasteiger partial charge in [0, 0.05) is 11.1 Å². The maximum atomic E-state index is 6.07. The predicted molar refractivity (Wildman–Crippen MR) is 78.6 cm³/mol. The van der Waals surface area contributed by atoms with Crippen molar-refractivity contribution in [1.29, 1.82) is 0 Å². The van der Waals surface area contributed by atoms with E-state index in [4.69, 9.17) is 16.3 Å². The van der Waals surface area contributed by atoms with Crippen LogP contribution in [0.4, 0.5) is 0 Å². The van der Waals surface area contributed by atoms with E-state index in [1.54, 1.807) is 7.11 Å². The van der Waals surface area contributed by atoms with Gasteiger partial charge in [-0.3, -0.25) is 0 Å². The number of methoxy groups -OCH3 is 1. The van der Waals surface area contributed by atoms with E-state index in [-0.39, 0.29) is 5.41 Å². The Morgan fingerprint density at radius 1 is 1.33 bits per heavy atom. The molecule has 1 N–H and O–H groups in total. The van der Waals surface area contributed by atoms with Crippen molar-refractivity contribution in [2.45, 2.75) is 40.2 Å². The molecular weight excluding hydrogens is 246 g/mol. The van der Waals surface area contributed by atoms with E-state index in [0.717, 1.165) is 29.3 Å². The molecular formula is C15H24ClNO. The molecule has 0 saturated heterocycles. The van der Waals surface area contributed by atoms with Crippen LogP contribution < -0.4 is 10.1 Å². The van der Waals surface area contributed by atoms with Crippen LogP contribution in [0.2, 0.25) is 5.02 Å². The zero-order valence-electron chi connectivity index (χ0n) is 12.0. The molecule has 1 aromatic carbocycles. The fourth-order valence-electron chi connectivity index (χ4n) is 2.06. The van der Waals surface area contributed by atoms with Gasteiger partial charge in [0.25, 0.3) is 0 Å². The summed E-state index contributed by atoms with van der Waals surface area (Å²) in [5.74, 6) is 0.909. The van der Waals surface area contributed by atoms with Crippen molar-refractivity contribution in [3.05, 3.63) is 28.8 Å². The summed E-state index contributed by atoms with van der Waals surface area (Å²) in [7, 11) is 1.70. The maximum absolute atomic E-state index is 6.07. The number of rotatable bonds is 5. The molecule has 1 aromatic rings. The van der Waals surface area contributed by atoms with Crippen LogP contribution >= 0.6 is 11.6 Å². The molecule has 0 aliphatic heterocycles. The molecule has 0 radical (unpaired) electrons. The third kappa shape index (κ3) is 4.18. The first-order valence-corrected chi connectivity index (χ1v) is 6.82. The van der Waals surface area contributed by atoms with Crippen molar-refractivity contribution in [2.24, 2.45) is 5.41 Å². The summed E-state index contributed by atoms with van der Waals surface area (Å²) in [5, 5.41) is 4.30. The molecule has 0 spiro atoms. The summed E-state index contributed by atoms with van der Waals surface area (Å²) in [5.41, 5.74) is 1.36. The van der Waals surface area contributed by atoms with E-state index in [1.807, 2.05) is 18.2 Å². The van der Waals surface area contributed by atoms with Crippen molar-refractivity contribution in [3.63, 3.8) is 0 Å². The van der Waals surface area contributed by atoms with Crippen molar-refractivity contribution < 1.29 is 4.74 Å². The highest BCUT2D eigenvalue weighted by molar-refractivity contribution is 6.30. The third-order valence-corrected chi connectivity index (χ3v) is 3.40. The quantitative estimate of drug-likeness (QED) is 0.875. The van der Waals surface area contributed by atoms with Gasteiger partial charge in [-0.15, -0.1) is 0 Å². The van der Waals surface area contributed by atoms with Crippen molar-refractivity contribution in [1.82, 2.24) is 5.32 Å². The van der Waals surface area contributed by atoms with Crippen LogP contribution in [0.5, 0.6) is 5.75 Å². The van der Waals surface area contributed by atoms with Gasteiger partial charge in [-0.25, -0.2) is 0 Å². The molecule has 18 heavy (non-hydrogen) atoms. The molecule has 0 fully saturated rings. The maximum Gasteiger partial charge on any atom is 0.122 e. The van der Waals surface area contributed by atoms with Crippen molar-refractivity contribution >= 4 is 11.6 Å². The Bertz CT molecular complexity index is 385. The molecule has 1 rings (SSSR count). The minimum atomic E-state index is 0.198. The van der Waals surface area contributed by atoms with Crippen LogP contribution in [0.3, 0.4) is 0 Å². The minimum absolute atomic E-state index is 0.198. The molecule has 3 heteroatoms. The first-order chi connectivity index (χ1) is 8.38. The largest absolute Gasteiger partial charge is 0.496 e. The van der Waals surface area contributed by atoms with E-state index in [2.05, 4.69) is 33.0 Å². The molecule has 102 valence electrons. The second-order valence-corrected chi connectivity index (χ2v) is 6.07. The minimum Gasteiger partial charge on any atom is -0.496 e. The second kappa shape index (κ2) is 6.44. The smallest absolute Gasteiger partial charge is 0.122 e. The van der Waals surface area contributed by atoms with E-state index in [1.165, 1.54) is 0 Å². The molecule has 0 amide bonds. The number of nitrogens with one attached hydrogen (secondary N) is 1. The highest BCUT2D eigenvalue weighted by Gasteiger charge is 2.25. The zero-order chi connectivity index (χ0) is 13.8. The van der Waals surface area contributed by atoms with Gasteiger partial charge in [0.1, 0.15) is 5.75 Å². The molecule has 1 atom stereocenters. The highest BCUT2D eigenvalue weighted by atomic mass is 35.5. The lowest BCUT2D eigenvalue weighted by Gasteiger charge is -2.32. The molecule has 0 bridgehead atoms. The van der Waals surface area contributed by atoms with Crippen molar-refractivity contribution in [3.8, 4) is 5.75 Å². The molecule has 0 aliphatic rings. The molecule has 2 nitrogen and oxygen atoms in total. The Hall–Kier alpha value is -0.730. The Labute approximate surface area is 116 Å². The van der Waals surface area contributed by atoms with Crippen LogP contribution in [-0.4, -0.2) is 19.7 Å². The average Bonchev–Trinajstić information content (AvgIpc) is 2.27. The summed E-state index contributed by atoms with van der Waals surface area (Å²) in [6.45, 7) is 9.84.